The Hall–Kier alpha value is -2.15. The first kappa shape index (κ1) is 18.2. The molecule has 2 fully saturated rings. The Morgan fingerprint density at radius 1 is 0.889 bits per heavy atom. The lowest BCUT2D eigenvalue weighted by atomic mass is 10.1. The number of anilines is 2. The van der Waals surface area contributed by atoms with Crippen LogP contribution in [0.25, 0.3) is 0 Å². The normalized spacial score (nSPS) is 19.1. The van der Waals surface area contributed by atoms with E-state index in [1.54, 1.807) is 6.39 Å². The van der Waals surface area contributed by atoms with Crippen LogP contribution in [0.1, 0.15) is 50.5 Å². The summed E-state index contributed by atoms with van der Waals surface area (Å²) >= 11 is 0. The zero-order chi connectivity index (χ0) is 18.6. The SMILES string of the molecule is CC(C)c1ocnc1CN1CCN(c2ccc(N3CCCCC3)nn2)CC1. The predicted octanol–water partition coefficient (Wildman–Crippen LogP) is 2.90. The number of rotatable bonds is 5. The van der Waals surface area contributed by atoms with Gasteiger partial charge in [-0.15, -0.1) is 10.2 Å². The minimum absolute atomic E-state index is 0.373. The number of oxazole rings is 1. The van der Waals surface area contributed by atoms with E-state index >= 15 is 0 Å². The van der Waals surface area contributed by atoms with E-state index in [0.29, 0.717) is 5.92 Å². The molecular formula is C20H30N6O. The van der Waals surface area contributed by atoms with Crippen molar-refractivity contribution in [3.8, 4) is 0 Å². The summed E-state index contributed by atoms with van der Waals surface area (Å²) in [5, 5.41) is 8.99. The molecule has 0 spiro atoms. The quantitative estimate of drug-likeness (QED) is 0.802. The summed E-state index contributed by atoms with van der Waals surface area (Å²) in [6.07, 6.45) is 5.42. The lowest BCUT2D eigenvalue weighted by Gasteiger charge is -2.35. The molecule has 7 heteroatoms. The van der Waals surface area contributed by atoms with Crippen LogP contribution in [-0.4, -0.2) is 59.3 Å². The minimum atomic E-state index is 0.373. The fourth-order valence-electron chi connectivity index (χ4n) is 3.99. The highest BCUT2D eigenvalue weighted by Crippen LogP contribution is 2.22. The molecule has 146 valence electrons. The van der Waals surface area contributed by atoms with Crippen molar-refractivity contribution in [1.82, 2.24) is 20.1 Å². The number of hydrogen-bond donors (Lipinski definition) is 0. The molecule has 2 aliphatic heterocycles. The molecule has 0 radical (unpaired) electrons. The van der Waals surface area contributed by atoms with Gasteiger partial charge in [-0.1, -0.05) is 13.8 Å². The van der Waals surface area contributed by atoms with Gasteiger partial charge in [0.25, 0.3) is 0 Å². The van der Waals surface area contributed by atoms with E-state index in [2.05, 4.69) is 55.9 Å². The molecule has 0 aromatic carbocycles. The maximum Gasteiger partial charge on any atom is 0.181 e. The summed E-state index contributed by atoms with van der Waals surface area (Å²) in [5.74, 6) is 3.39. The molecule has 4 rings (SSSR count). The van der Waals surface area contributed by atoms with Crippen LogP contribution >= 0.6 is 0 Å². The number of piperazine rings is 1. The molecule has 2 aromatic heterocycles. The maximum absolute atomic E-state index is 5.55. The van der Waals surface area contributed by atoms with Gasteiger partial charge in [0.2, 0.25) is 0 Å². The second-order valence-electron chi connectivity index (χ2n) is 7.88. The van der Waals surface area contributed by atoms with E-state index in [1.807, 2.05) is 0 Å². The van der Waals surface area contributed by atoms with Crippen LogP contribution in [0.3, 0.4) is 0 Å². The summed E-state index contributed by atoms with van der Waals surface area (Å²) in [6.45, 7) is 11.3. The highest BCUT2D eigenvalue weighted by molar-refractivity contribution is 5.45. The molecule has 0 bridgehead atoms. The fourth-order valence-corrected chi connectivity index (χ4v) is 3.99. The average molecular weight is 371 g/mol. The van der Waals surface area contributed by atoms with Gasteiger partial charge in [0.05, 0.1) is 5.69 Å². The van der Waals surface area contributed by atoms with Crippen molar-refractivity contribution >= 4 is 11.6 Å². The second kappa shape index (κ2) is 8.25. The number of nitrogens with zero attached hydrogens (tertiary/aromatic N) is 6. The van der Waals surface area contributed by atoms with Crippen LogP contribution in [-0.2, 0) is 6.54 Å². The molecule has 7 nitrogen and oxygen atoms in total. The number of aromatic nitrogens is 3. The zero-order valence-electron chi connectivity index (χ0n) is 16.5. The highest BCUT2D eigenvalue weighted by Gasteiger charge is 2.22. The number of hydrogen-bond acceptors (Lipinski definition) is 7. The van der Waals surface area contributed by atoms with Gasteiger partial charge in [0.1, 0.15) is 5.76 Å². The Morgan fingerprint density at radius 3 is 2.11 bits per heavy atom. The van der Waals surface area contributed by atoms with Crippen LogP contribution in [0.15, 0.2) is 22.9 Å². The highest BCUT2D eigenvalue weighted by atomic mass is 16.3. The topological polar surface area (TPSA) is 61.5 Å². The van der Waals surface area contributed by atoms with Crippen molar-refractivity contribution in [2.45, 2.75) is 45.6 Å². The van der Waals surface area contributed by atoms with Gasteiger partial charge >= 0.3 is 0 Å². The number of piperidine rings is 1. The lowest BCUT2D eigenvalue weighted by Crippen LogP contribution is -2.46. The fraction of sp³-hybridized carbons (Fsp3) is 0.650. The van der Waals surface area contributed by atoms with Gasteiger partial charge < -0.3 is 14.2 Å². The molecule has 27 heavy (non-hydrogen) atoms. The summed E-state index contributed by atoms with van der Waals surface area (Å²) < 4.78 is 5.55. The Labute approximate surface area is 161 Å². The molecule has 0 N–H and O–H groups in total. The average Bonchev–Trinajstić information content (AvgIpc) is 3.18. The zero-order valence-corrected chi connectivity index (χ0v) is 16.5. The summed E-state index contributed by atoms with van der Waals surface area (Å²) in [7, 11) is 0. The molecule has 4 heterocycles. The van der Waals surface area contributed by atoms with E-state index in [1.165, 1.54) is 19.3 Å². The standard InChI is InChI=1S/C20H30N6O/c1-16(2)20-17(21-15-27-20)14-24-10-12-26(13-11-24)19-7-6-18(22-23-19)25-8-4-3-5-9-25/h6-7,15-16H,3-5,8-14H2,1-2H3. The van der Waals surface area contributed by atoms with Gasteiger partial charge in [-0.3, -0.25) is 4.90 Å². The summed E-state index contributed by atoms with van der Waals surface area (Å²) in [5.41, 5.74) is 1.07. The van der Waals surface area contributed by atoms with E-state index in [0.717, 1.165) is 68.9 Å². The Morgan fingerprint density at radius 2 is 1.52 bits per heavy atom. The Bertz CT molecular complexity index is 714. The third kappa shape index (κ3) is 4.24. The molecule has 0 unspecified atom stereocenters. The van der Waals surface area contributed by atoms with Crippen LogP contribution in [0.4, 0.5) is 11.6 Å². The molecule has 2 aromatic rings. The molecule has 0 saturated carbocycles. The van der Waals surface area contributed by atoms with Gasteiger partial charge in [0.15, 0.2) is 18.0 Å². The molecule has 2 aliphatic rings. The second-order valence-corrected chi connectivity index (χ2v) is 7.88. The van der Waals surface area contributed by atoms with Crippen LogP contribution in [0, 0.1) is 0 Å². The Kier molecular flexibility index (Phi) is 5.57. The monoisotopic (exact) mass is 370 g/mol. The molecule has 0 atom stereocenters. The van der Waals surface area contributed by atoms with Gasteiger partial charge in [-0.2, -0.15) is 0 Å². The minimum Gasteiger partial charge on any atom is -0.448 e. The van der Waals surface area contributed by atoms with Crippen molar-refractivity contribution < 1.29 is 4.42 Å². The van der Waals surface area contributed by atoms with Crippen LogP contribution in [0.5, 0.6) is 0 Å². The first-order valence-corrected chi connectivity index (χ1v) is 10.2. The van der Waals surface area contributed by atoms with Crippen LogP contribution < -0.4 is 9.80 Å². The van der Waals surface area contributed by atoms with E-state index < -0.39 is 0 Å². The molecular weight excluding hydrogens is 340 g/mol. The van der Waals surface area contributed by atoms with Gasteiger partial charge in [-0.05, 0) is 31.4 Å². The van der Waals surface area contributed by atoms with Crippen molar-refractivity contribution in [2.24, 2.45) is 0 Å². The smallest absolute Gasteiger partial charge is 0.181 e. The lowest BCUT2D eigenvalue weighted by molar-refractivity contribution is 0.244. The van der Waals surface area contributed by atoms with Crippen molar-refractivity contribution in [3.63, 3.8) is 0 Å². The van der Waals surface area contributed by atoms with E-state index in [-0.39, 0.29) is 0 Å². The summed E-state index contributed by atoms with van der Waals surface area (Å²) in [6, 6.07) is 4.26. The summed E-state index contributed by atoms with van der Waals surface area (Å²) in [4.78, 5) is 11.5. The van der Waals surface area contributed by atoms with E-state index in [9.17, 15) is 0 Å². The molecule has 2 saturated heterocycles. The third-order valence-corrected chi connectivity index (χ3v) is 5.58. The van der Waals surface area contributed by atoms with Gasteiger partial charge in [0, 0.05) is 51.7 Å². The van der Waals surface area contributed by atoms with Crippen LogP contribution in [0.2, 0.25) is 0 Å². The Balaban J connectivity index is 1.31. The first-order chi connectivity index (χ1) is 13.2. The van der Waals surface area contributed by atoms with Gasteiger partial charge in [-0.25, -0.2) is 4.98 Å². The molecule has 0 amide bonds. The predicted molar refractivity (Wildman–Crippen MR) is 106 cm³/mol. The first-order valence-electron chi connectivity index (χ1n) is 10.2. The largest absolute Gasteiger partial charge is 0.448 e. The maximum atomic E-state index is 5.55. The third-order valence-electron chi connectivity index (χ3n) is 5.58. The molecule has 0 aliphatic carbocycles. The van der Waals surface area contributed by atoms with Crippen molar-refractivity contribution in [3.05, 3.63) is 30.0 Å². The van der Waals surface area contributed by atoms with E-state index in [4.69, 9.17) is 4.42 Å². The van der Waals surface area contributed by atoms with Crippen molar-refractivity contribution in [1.29, 1.82) is 0 Å². The van der Waals surface area contributed by atoms with Crippen molar-refractivity contribution in [2.75, 3.05) is 49.1 Å².